The Morgan fingerprint density at radius 1 is 0.974 bits per heavy atom. The number of ether oxygens (including phenoxy) is 4. The van der Waals surface area contributed by atoms with Gasteiger partial charge in [-0.15, -0.1) is 0 Å². The fourth-order valence-electron chi connectivity index (χ4n) is 5.05. The molecule has 1 saturated heterocycles. The molecule has 1 aliphatic heterocycles. The summed E-state index contributed by atoms with van der Waals surface area (Å²) in [6, 6.07) is 10.5. The van der Waals surface area contributed by atoms with Crippen LogP contribution in [0.25, 0.3) is 0 Å². The van der Waals surface area contributed by atoms with Crippen LogP contribution in [0.1, 0.15) is 44.7 Å². The molecule has 2 aromatic carbocycles. The molecule has 9 nitrogen and oxygen atoms in total. The Labute approximate surface area is 226 Å². The molecular weight excluding hydrogens is 486 g/mol. The summed E-state index contributed by atoms with van der Waals surface area (Å²) in [6.07, 6.45) is 1.57. The van der Waals surface area contributed by atoms with E-state index in [2.05, 4.69) is 24.1 Å². The first-order valence-electron chi connectivity index (χ1n) is 13.2. The zero-order chi connectivity index (χ0) is 27.7. The van der Waals surface area contributed by atoms with Crippen LogP contribution < -0.4 is 29.2 Å². The predicted octanol–water partition coefficient (Wildman–Crippen LogP) is 4.05. The second-order valence-electron chi connectivity index (χ2n) is 9.18. The van der Waals surface area contributed by atoms with Crippen LogP contribution in [0.5, 0.6) is 23.0 Å². The van der Waals surface area contributed by atoms with Gasteiger partial charge in [0.25, 0.3) is 0 Å². The number of nitrogens with zero attached hydrogens (tertiary/aromatic N) is 2. The van der Waals surface area contributed by atoms with E-state index in [-0.39, 0.29) is 18.2 Å². The third kappa shape index (κ3) is 6.51. The highest BCUT2D eigenvalue weighted by Gasteiger charge is 2.42. The summed E-state index contributed by atoms with van der Waals surface area (Å²) >= 11 is 0. The molecule has 1 heterocycles. The summed E-state index contributed by atoms with van der Waals surface area (Å²) in [6.45, 7) is 7.75. The largest absolute Gasteiger partial charge is 0.497 e. The van der Waals surface area contributed by atoms with E-state index in [1.807, 2.05) is 24.3 Å². The summed E-state index contributed by atoms with van der Waals surface area (Å²) in [4.78, 5) is 31.1. The Hall–Kier alpha value is -3.46. The highest BCUT2D eigenvalue weighted by Crippen LogP contribution is 2.46. The number of nitrogens with one attached hydrogen (secondary N) is 1. The third-order valence-electron chi connectivity index (χ3n) is 7.16. The zero-order valence-corrected chi connectivity index (χ0v) is 23.4. The van der Waals surface area contributed by atoms with Gasteiger partial charge in [0.2, 0.25) is 17.6 Å². The smallest absolute Gasteiger partial charge is 0.227 e. The minimum absolute atomic E-state index is 0.0599. The van der Waals surface area contributed by atoms with Crippen LogP contribution >= 0.6 is 0 Å². The maximum Gasteiger partial charge on any atom is 0.227 e. The summed E-state index contributed by atoms with van der Waals surface area (Å²) in [7, 11) is 6.21. The molecule has 1 N–H and O–H groups in total. The first-order valence-corrected chi connectivity index (χ1v) is 13.2. The monoisotopic (exact) mass is 527 g/mol. The second kappa shape index (κ2) is 13.9. The van der Waals surface area contributed by atoms with E-state index in [1.54, 1.807) is 24.1 Å². The third-order valence-corrected chi connectivity index (χ3v) is 7.16. The highest BCUT2D eigenvalue weighted by molar-refractivity contribution is 5.98. The number of piperidine rings is 1. The van der Waals surface area contributed by atoms with Gasteiger partial charge in [0.1, 0.15) is 5.75 Å². The predicted molar refractivity (Wildman–Crippen MR) is 147 cm³/mol. The van der Waals surface area contributed by atoms with Gasteiger partial charge in [0.05, 0.1) is 46.1 Å². The Morgan fingerprint density at radius 3 is 2.13 bits per heavy atom. The summed E-state index contributed by atoms with van der Waals surface area (Å²) in [5.74, 6) is 1.44. The SMILES string of the molecule is CCN(CC)CCCNC(=O)[C@@H]1CCC(=O)N(c2cc(OC)c(OC)c(OC)c2)[C@H]1c1ccc(OC)cc1. The van der Waals surface area contributed by atoms with Crippen LogP contribution in [0.4, 0.5) is 5.69 Å². The lowest BCUT2D eigenvalue weighted by Crippen LogP contribution is -2.48. The molecular formula is C29H41N3O6. The van der Waals surface area contributed by atoms with Crippen molar-refractivity contribution in [2.24, 2.45) is 5.92 Å². The fraction of sp³-hybridized carbons (Fsp3) is 0.517. The number of carbonyl (C=O) groups is 2. The van der Waals surface area contributed by atoms with Crippen LogP contribution in [-0.4, -0.2) is 71.3 Å². The fourth-order valence-corrected chi connectivity index (χ4v) is 5.05. The minimum atomic E-state index is -0.521. The number of carbonyl (C=O) groups excluding carboxylic acids is 2. The Balaban J connectivity index is 1.98. The quantitative estimate of drug-likeness (QED) is 0.393. The van der Waals surface area contributed by atoms with Crippen molar-refractivity contribution >= 4 is 17.5 Å². The number of benzene rings is 2. The number of amides is 2. The van der Waals surface area contributed by atoms with Gasteiger partial charge in [-0.1, -0.05) is 26.0 Å². The first-order chi connectivity index (χ1) is 18.4. The lowest BCUT2D eigenvalue weighted by molar-refractivity contribution is -0.129. The molecule has 0 radical (unpaired) electrons. The van der Waals surface area contributed by atoms with Crippen LogP contribution in [0.3, 0.4) is 0 Å². The van der Waals surface area contributed by atoms with Gasteiger partial charge in [0.15, 0.2) is 11.5 Å². The van der Waals surface area contributed by atoms with Gasteiger partial charge in [-0.3, -0.25) is 9.59 Å². The van der Waals surface area contributed by atoms with Crippen LogP contribution in [0.15, 0.2) is 36.4 Å². The topological polar surface area (TPSA) is 89.6 Å². The lowest BCUT2D eigenvalue weighted by Gasteiger charge is -2.41. The van der Waals surface area contributed by atoms with Crippen molar-refractivity contribution in [3.05, 3.63) is 42.0 Å². The Morgan fingerprint density at radius 2 is 1.61 bits per heavy atom. The molecule has 1 fully saturated rings. The molecule has 3 rings (SSSR count). The molecule has 9 heteroatoms. The average molecular weight is 528 g/mol. The van der Waals surface area contributed by atoms with E-state index < -0.39 is 12.0 Å². The van der Waals surface area contributed by atoms with Crippen molar-refractivity contribution in [2.75, 3.05) is 59.5 Å². The van der Waals surface area contributed by atoms with Gasteiger partial charge in [-0.25, -0.2) is 0 Å². The molecule has 2 amide bonds. The van der Waals surface area contributed by atoms with Crippen molar-refractivity contribution in [1.82, 2.24) is 10.2 Å². The molecule has 0 spiro atoms. The summed E-state index contributed by atoms with van der Waals surface area (Å²) in [5, 5.41) is 3.13. The van der Waals surface area contributed by atoms with Crippen molar-refractivity contribution in [1.29, 1.82) is 0 Å². The van der Waals surface area contributed by atoms with Crippen LogP contribution in [0, 0.1) is 5.92 Å². The maximum atomic E-state index is 13.6. The van der Waals surface area contributed by atoms with E-state index in [0.29, 0.717) is 41.7 Å². The molecule has 0 saturated carbocycles. The van der Waals surface area contributed by atoms with Gasteiger partial charge < -0.3 is 34.1 Å². The number of anilines is 1. The van der Waals surface area contributed by atoms with Crippen molar-refractivity contribution in [2.45, 2.75) is 39.2 Å². The van der Waals surface area contributed by atoms with Gasteiger partial charge >= 0.3 is 0 Å². The highest BCUT2D eigenvalue weighted by atomic mass is 16.5. The van der Waals surface area contributed by atoms with E-state index >= 15 is 0 Å². The summed E-state index contributed by atoms with van der Waals surface area (Å²) < 4.78 is 21.9. The van der Waals surface area contributed by atoms with E-state index in [4.69, 9.17) is 18.9 Å². The number of rotatable bonds is 13. The Bertz CT molecular complexity index is 1050. The van der Waals surface area contributed by atoms with Crippen LogP contribution in [0.2, 0.25) is 0 Å². The normalized spacial score (nSPS) is 17.3. The summed E-state index contributed by atoms with van der Waals surface area (Å²) in [5.41, 5.74) is 1.42. The first kappa shape index (κ1) is 29.1. The van der Waals surface area contributed by atoms with Crippen molar-refractivity contribution < 1.29 is 28.5 Å². The van der Waals surface area contributed by atoms with Gasteiger partial charge in [-0.2, -0.15) is 0 Å². The molecule has 1 aliphatic rings. The van der Waals surface area contributed by atoms with Crippen LogP contribution in [-0.2, 0) is 9.59 Å². The zero-order valence-electron chi connectivity index (χ0n) is 23.4. The lowest BCUT2D eigenvalue weighted by atomic mass is 9.83. The average Bonchev–Trinajstić information content (AvgIpc) is 2.96. The second-order valence-corrected chi connectivity index (χ2v) is 9.18. The van der Waals surface area contributed by atoms with Crippen molar-refractivity contribution in [3.63, 3.8) is 0 Å². The number of methoxy groups -OCH3 is 4. The van der Waals surface area contributed by atoms with E-state index in [9.17, 15) is 9.59 Å². The standard InChI is InChI=1S/C29H41N3O6/c1-7-31(8-2)17-9-16-30-29(34)23-14-15-26(33)32(27(23)20-10-12-22(35-3)13-11-20)21-18-24(36-4)28(38-6)25(19-21)37-5/h10-13,18-19,23,27H,7-9,14-17H2,1-6H3,(H,30,34)/t23-,27+/m1/s1. The molecule has 2 aromatic rings. The van der Waals surface area contributed by atoms with Gasteiger partial charge in [-0.05, 0) is 50.2 Å². The molecule has 0 bridgehead atoms. The molecule has 0 aliphatic carbocycles. The molecule has 0 aromatic heterocycles. The van der Waals surface area contributed by atoms with E-state index in [0.717, 1.165) is 31.6 Å². The molecule has 2 atom stereocenters. The Kier molecular flexibility index (Phi) is 10.6. The molecule has 0 unspecified atom stereocenters. The minimum Gasteiger partial charge on any atom is -0.497 e. The maximum absolute atomic E-state index is 13.6. The van der Waals surface area contributed by atoms with Crippen molar-refractivity contribution in [3.8, 4) is 23.0 Å². The molecule has 38 heavy (non-hydrogen) atoms. The number of hydrogen-bond acceptors (Lipinski definition) is 7. The van der Waals surface area contributed by atoms with E-state index in [1.165, 1.54) is 21.3 Å². The number of hydrogen-bond donors (Lipinski definition) is 1. The van der Waals surface area contributed by atoms with Gasteiger partial charge in [0, 0.05) is 25.1 Å². The molecule has 208 valence electrons.